The second-order valence-electron chi connectivity index (χ2n) is 5.66. The average Bonchev–Trinajstić information content (AvgIpc) is 3.05. The number of nitrogens with one attached hydrogen (secondary N) is 2. The highest BCUT2D eigenvalue weighted by atomic mass is 32.1. The van der Waals surface area contributed by atoms with Crippen molar-refractivity contribution in [1.82, 2.24) is 4.98 Å². The van der Waals surface area contributed by atoms with Gasteiger partial charge >= 0.3 is 0 Å². The number of nitrogens with zero attached hydrogens (tertiary/aromatic N) is 2. The number of thiazole rings is 1. The minimum atomic E-state index is -0.500. The minimum Gasteiger partial charge on any atom is -0.486 e. The standard InChI is InChI=1S/C17H14N4O5S/c22-16(9-18-10-3-1-2-4-12(10)21(23)24)20-17-19-11-7-13-14(8-15(11)27-17)26-6-5-25-13/h1-4,7-8,18H,5-6,9H2,(H,19,20,22). The summed E-state index contributed by atoms with van der Waals surface area (Å²) in [4.78, 5) is 27.1. The maximum absolute atomic E-state index is 12.2. The minimum absolute atomic E-state index is 0.0872. The van der Waals surface area contributed by atoms with E-state index in [-0.39, 0.29) is 23.8 Å². The zero-order valence-corrected chi connectivity index (χ0v) is 14.7. The first-order valence-corrected chi connectivity index (χ1v) is 8.89. The number of nitro groups is 1. The normalized spacial score (nSPS) is 12.6. The Kier molecular flexibility index (Phi) is 4.47. The molecule has 2 heterocycles. The van der Waals surface area contributed by atoms with Crippen molar-refractivity contribution >= 4 is 44.0 Å². The van der Waals surface area contributed by atoms with Crippen molar-refractivity contribution < 1.29 is 19.2 Å². The molecule has 1 aliphatic rings. The number of carbonyl (C=O) groups is 1. The summed E-state index contributed by atoms with van der Waals surface area (Å²) in [5.41, 5.74) is 0.894. The van der Waals surface area contributed by atoms with Gasteiger partial charge in [-0.05, 0) is 6.07 Å². The molecule has 1 aromatic heterocycles. The lowest BCUT2D eigenvalue weighted by atomic mass is 10.2. The Morgan fingerprint density at radius 1 is 1.22 bits per heavy atom. The van der Waals surface area contributed by atoms with E-state index in [4.69, 9.17) is 9.47 Å². The van der Waals surface area contributed by atoms with Crippen LogP contribution >= 0.6 is 11.3 Å². The Labute approximate surface area is 157 Å². The van der Waals surface area contributed by atoms with E-state index in [1.807, 2.05) is 6.07 Å². The SMILES string of the molecule is O=C(CNc1ccccc1[N+](=O)[O-])Nc1nc2cc3c(cc2s1)OCCO3. The maximum atomic E-state index is 12.2. The molecule has 9 nitrogen and oxygen atoms in total. The highest BCUT2D eigenvalue weighted by Crippen LogP contribution is 2.37. The number of ether oxygens (including phenoxy) is 2. The summed E-state index contributed by atoms with van der Waals surface area (Å²) in [5.74, 6) is 0.938. The molecular weight excluding hydrogens is 372 g/mol. The fourth-order valence-corrected chi connectivity index (χ4v) is 3.53. The van der Waals surface area contributed by atoms with Crippen LogP contribution < -0.4 is 20.1 Å². The zero-order valence-electron chi connectivity index (χ0n) is 13.9. The van der Waals surface area contributed by atoms with Crippen molar-refractivity contribution in [3.05, 3.63) is 46.5 Å². The zero-order chi connectivity index (χ0) is 18.8. The predicted molar refractivity (Wildman–Crippen MR) is 101 cm³/mol. The predicted octanol–water partition coefficient (Wildman–Crippen LogP) is 3.03. The van der Waals surface area contributed by atoms with Crippen LogP contribution in [0.1, 0.15) is 0 Å². The van der Waals surface area contributed by atoms with Crippen LogP contribution in [0.25, 0.3) is 10.2 Å². The molecule has 4 rings (SSSR count). The number of anilines is 2. The smallest absolute Gasteiger partial charge is 0.292 e. The summed E-state index contributed by atoms with van der Waals surface area (Å²) in [6.07, 6.45) is 0. The molecule has 0 unspecified atom stereocenters. The molecule has 0 aliphatic carbocycles. The van der Waals surface area contributed by atoms with Crippen molar-refractivity contribution in [3.63, 3.8) is 0 Å². The highest BCUT2D eigenvalue weighted by Gasteiger charge is 2.17. The van der Waals surface area contributed by atoms with E-state index in [9.17, 15) is 14.9 Å². The van der Waals surface area contributed by atoms with E-state index in [0.717, 1.165) is 4.70 Å². The lowest BCUT2D eigenvalue weighted by Gasteiger charge is -2.17. The molecule has 27 heavy (non-hydrogen) atoms. The van der Waals surface area contributed by atoms with Gasteiger partial charge in [-0.15, -0.1) is 0 Å². The number of aromatic nitrogens is 1. The summed E-state index contributed by atoms with van der Waals surface area (Å²) in [6, 6.07) is 9.77. The van der Waals surface area contributed by atoms with Crippen LogP contribution in [0, 0.1) is 10.1 Å². The van der Waals surface area contributed by atoms with Gasteiger partial charge in [-0.25, -0.2) is 4.98 Å². The number of para-hydroxylation sites is 2. The van der Waals surface area contributed by atoms with E-state index in [1.54, 1.807) is 24.3 Å². The van der Waals surface area contributed by atoms with Gasteiger partial charge in [-0.2, -0.15) is 0 Å². The van der Waals surface area contributed by atoms with Crippen molar-refractivity contribution in [2.24, 2.45) is 0 Å². The second-order valence-corrected chi connectivity index (χ2v) is 6.69. The fraction of sp³-hybridized carbons (Fsp3) is 0.176. The van der Waals surface area contributed by atoms with E-state index >= 15 is 0 Å². The summed E-state index contributed by atoms with van der Waals surface area (Å²) < 4.78 is 11.9. The van der Waals surface area contributed by atoms with Crippen LogP contribution in [0.2, 0.25) is 0 Å². The summed E-state index contributed by atoms with van der Waals surface area (Å²) in [7, 11) is 0. The molecule has 0 saturated carbocycles. The largest absolute Gasteiger partial charge is 0.486 e. The molecule has 2 aromatic carbocycles. The average molecular weight is 386 g/mol. The van der Waals surface area contributed by atoms with Gasteiger partial charge < -0.3 is 20.1 Å². The number of hydrogen-bond acceptors (Lipinski definition) is 8. The van der Waals surface area contributed by atoms with E-state index in [2.05, 4.69) is 15.6 Å². The molecule has 3 aromatic rings. The maximum Gasteiger partial charge on any atom is 0.292 e. The Morgan fingerprint density at radius 2 is 1.96 bits per heavy atom. The van der Waals surface area contributed by atoms with Crippen LogP contribution in [-0.4, -0.2) is 35.6 Å². The van der Waals surface area contributed by atoms with Crippen molar-refractivity contribution in [2.45, 2.75) is 0 Å². The molecule has 138 valence electrons. The summed E-state index contributed by atoms with van der Waals surface area (Å²) >= 11 is 1.31. The molecule has 0 bridgehead atoms. The van der Waals surface area contributed by atoms with Gasteiger partial charge in [0, 0.05) is 18.2 Å². The lowest BCUT2D eigenvalue weighted by Crippen LogP contribution is -2.22. The van der Waals surface area contributed by atoms with Gasteiger partial charge in [-0.3, -0.25) is 14.9 Å². The number of amides is 1. The third-order valence-electron chi connectivity index (χ3n) is 3.84. The number of rotatable bonds is 5. The Balaban J connectivity index is 1.44. The molecule has 10 heteroatoms. The quantitative estimate of drug-likeness (QED) is 0.511. The fourth-order valence-electron chi connectivity index (χ4n) is 2.64. The van der Waals surface area contributed by atoms with Gasteiger partial charge in [0.25, 0.3) is 5.69 Å². The molecule has 0 radical (unpaired) electrons. The number of benzene rings is 2. The summed E-state index contributed by atoms with van der Waals surface area (Å²) in [5, 5.41) is 16.9. The van der Waals surface area contributed by atoms with Crippen LogP contribution in [0.4, 0.5) is 16.5 Å². The Morgan fingerprint density at radius 3 is 2.74 bits per heavy atom. The monoisotopic (exact) mass is 386 g/mol. The molecule has 0 saturated heterocycles. The van der Waals surface area contributed by atoms with Gasteiger partial charge in [0.1, 0.15) is 18.9 Å². The second kappa shape index (κ2) is 7.08. The highest BCUT2D eigenvalue weighted by molar-refractivity contribution is 7.22. The number of carbonyl (C=O) groups excluding carboxylic acids is 1. The lowest BCUT2D eigenvalue weighted by molar-refractivity contribution is -0.383. The topological polar surface area (TPSA) is 116 Å². The first kappa shape index (κ1) is 17.0. The van der Waals surface area contributed by atoms with E-state index < -0.39 is 4.92 Å². The number of nitro benzene ring substituents is 1. The summed E-state index contributed by atoms with van der Waals surface area (Å²) in [6.45, 7) is 0.866. The van der Waals surface area contributed by atoms with Crippen molar-refractivity contribution in [1.29, 1.82) is 0 Å². The Hall–Kier alpha value is -3.40. The number of fused-ring (bicyclic) bond motifs is 2. The number of hydrogen-bond donors (Lipinski definition) is 2. The molecule has 2 N–H and O–H groups in total. The van der Waals surface area contributed by atoms with Crippen LogP contribution in [-0.2, 0) is 4.79 Å². The molecule has 1 amide bonds. The third-order valence-corrected chi connectivity index (χ3v) is 4.77. The molecule has 0 spiro atoms. The Bertz CT molecular complexity index is 992. The molecule has 0 fully saturated rings. The molecule has 1 aliphatic heterocycles. The first-order valence-electron chi connectivity index (χ1n) is 8.07. The van der Waals surface area contributed by atoms with Gasteiger partial charge in [0.15, 0.2) is 16.6 Å². The van der Waals surface area contributed by atoms with Gasteiger partial charge in [0.05, 0.1) is 21.7 Å². The molecular formula is C17H14N4O5S. The van der Waals surface area contributed by atoms with E-state index in [0.29, 0.717) is 35.4 Å². The third kappa shape index (κ3) is 3.60. The van der Waals surface area contributed by atoms with Crippen LogP contribution in [0.15, 0.2) is 36.4 Å². The first-order chi connectivity index (χ1) is 13.1. The van der Waals surface area contributed by atoms with Gasteiger partial charge in [0.2, 0.25) is 5.91 Å². The van der Waals surface area contributed by atoms with Crippen LogP contribution in [0.5, 0.6) is 11.5 Å². The molecule has 0 atom stereocenters. The van der Waals surface area contributed by atoms with E-state index in [1.165, 1.54) is 17.4 Å². The van der Waals surface area contributed by atoms with Crippen molar-refractivity contribution in [2.75, 3.05) is 30.4 Å². The van der Waals surface area contributed by atoms with Crippen LogP contribution in [0.3, 0.4) is 0 Å². The van der Waals surface area contributed by atoms with Gasteiger partial charge in [-0.1, -0.05) is 23.5 Å². The van der Waals surface area contributed by atoms with Crippen molar-refractivity contribution in [3.8, 4) is 11.5 Å².